The molecule has 0 N–H and O–H groups in total. The summed E-state index contributed by atoms with van der Waals surface area (Å²) >= 11 is 0. The fraction of sp³-hybridized carbons (Fsp3) is 0.667. The van der Waals surface area contributed by atoms with E-state index in [1.54, 1.807) is 6.07 Å². The number of ether oxygens (including phenoxy) is 4. The third kappa shape index (κ3) is 7.23. The summed E-state index contributed by atoms with van der Waals surface area (Å²) in [7, 11) is 0. The first-order valence-electron chi connectivity index (χ1n) is 12.0. The molecule has 8 nitrogen and oxygen atoms in total. The number of hydrogen-bond donors (Lipinski definition) is 0. The van der Waals surface area contributed by atoms with E-state index in [9.17, 15) is 18.0 Å². The van der Waals surface area contributed by atoms with Crippen LogP contribution in [0.2, 0.25) is 0 Å². The van der Waals surface area contributed by atoms with Crippen molar-refractivity contribution >= 4 is 16.9 Å². The first-order valence-corrected chi connectivity index (χ1v) is 12.0. The minimum Gasteiger partial charge on any atom is -0.483 e. The largest absolute Gasteiger partial charge is 0.483 e. The zero-order valence-electron chi connectivity index (χ0n) is 19.7. The number of nitrogens with zero attached hydrogens (tertiary/aromatic N) is 2. The number of alkyl halides is 3. The molecule has 0 radical (unpaired) electrons. The Morgan fingerprint density at radius 1 is 1.20 bits per heavy atom. The van der Waals surface area contributed by atoms with Crippen LogP contribution in [0, 0.1) is 11.8 Å². The Kier molecular flexibility index (Phi) is 8.38. The molecule has 0 aliphatic carbocycles. The number of hydrogen-bond acceptors (Lipinski definition) is 8. The Hall–Kier alpha value is -2.53. The van der Waals surface area contributed by atoms with Gasteiger partial charge in [0.25, 0.3) is 5.88 Å². The lowest BCUT2D eigenvalue weighted by atomic mass is 9.94. The standard InChI is InChI=1S/C24H31F3N2O6/c1-16-13-18(8-12-31-16)23(30)34-15-29-9-5-17(6-10-29)7-11-32-22-21-19(33-14-24(25,26)27)3-2-4-20(21)35-28-22/h2-4,16-18H,5-15H2,1H3. The van der Waals surface area contributed by atoms with Crippen molar-refractivity contribution < 1.29 is 41.4 Å². The van der Waals surface area contributed by atoms with E-state index < -0.39 is 12.8 Å². The van der Waals surface area contributed by atoms with E-state index in [1.165, 1.54) is 12.1 Å². The Morgan fingerprint density at radius 2 is 2.00 bits per heavy atom. The van der Waals surface area contributed by atoms with Crippen LogP contribution < -0.4 is 9.47 Å². The molecule has 35 heavy (non-hydrogen) atoms. The van der Waals surface area contributed by atoms with E-state index >= 15 is 0 Å². The summed E-state index contributed by atoms with van der Waals surface area (Å²) in [6.07, 6.45) is -0.290. The van der Waals surface area contributed by atoms with Crippen molar-refractivity contribution in [1.29, 1.82) is 0 Å². The molecule has 2 atom stereocenters. The van der Waals surface area contributed by atoms with Gasteiger partial charge in [-0.15, -0.1) is 0 Å². The van der Waals surface area contributed by atoms with Gasteiger partial charge in [-0.2, -0.15) is 13.2 Å². The van der Waals surface area contributed by atoms with E-state index in [0.29, 0.717) is 49.7 Å². The van der Waals surface area contributed by atoms with Crippen LogP contribution in [0.3, 0.4) is 0 Å². The van der Waals surface area contributed by atoms with Gasteiger partial charge in [-0.1, -0.05) is 6.07 Å². The first kappa shape index (κ1) is 25.6. The van der Waals surface area contributed by atoms with Crippen LogP contribution in [-0.2, 0) is 14.3 Å². The van der Waals surface area contributed by atoms with E-state index in [4.69, 9.17) is 23.5 Å². The highest BCUT2D eigenvalue weighted by atomic mass is 19.4. The third-order valence-electron chi connectivity index (χ3n) is 6.50. The van der Waals surface area contributed by atoms with Gasteiger partial charge in [0.1, 0.15) is 17.9 Å². The predicted molar refractivity (Wildman–Crippen MR) is 119 cm³/mol. The van der Waals surface area contributed by atoms with Gasteiger partial charge < -0.3 is 23.5 Å². The fourth-order valence-corrected chi connectivity index (χ4v) is 4.52. The minimum absolute atomic E-state index is 0.0224. The zero-order chi connectivity index (χ0) is 24.8. The molecule has 0 saturated carbocycles. The number of carbonyl (C=O) groups excluding carboxylic acids is 1. The van der Waals surface area contributed by atoms with Crippen molar-refractivity contribution in [1.82, 2.24) is 10.1 Å². The first-order chi connectivity index (χ1) is 16.8. The average Bonchev–Trinajstić information content (AvgIpc) is 3.25. The number of piperidine rings is 1. The lowest BCUT2D eigenvalue weighted by Crippen LogP contribution is -2.38. The number of esters is 1. The summed E-state index contributed by atoms with van der Waals surface area (Å²) in [6, 6.07) is 4.57. The number of aromatic nitrogens is 1. The molecule has 2 aromatic rings. The van der Waals surface area contributed by atoms with Crippen molar-refractivity contribution in [2.45, 2.75) is 51.3 Å². The number of fused-ring (bicyclic) bond motifs is 1. The Labute approximate surface area is 201 Å². The SMILES string of the molecule is CC1CC(C(=O)OCN2CCC(CCOc3noc4cccc(OCC(F)(F)F)c34)CC2)CCO1. The molecule has 4 rings (SSSR count). The molecule has 2 aliphatic rings. The molecular weight excluding hydrogens is 469 g/mol. The Morgan fingerprint density at radius 3 is 2.74 bits per heavy atom. The number of likely N-dealkylation sites (tertiary alicyclic amines) is 1. The molecule has 1 aromatic heterocycles. The highest BCUT2D eigenvalue weighted by Crippen LogP contribution is 2.35. The average molecular weight is 501 g/mol. The smallest absolute Gasteiger partial charge is 0.422 e. The van der Waals surface area contributed by atoms with Gasteiger partial charge in [0.2, 0.25) is 0 Å². The van der Waals surface area contributed by atoms with Crippen molar-refractivity contribution in [3.05, 3.63) is 18.2 Å². The minimum atomic E-state index is -4.45. The molecule has 11 heteroatoms. The second kappa shape index (κ2) is 11.5. The van der Waals surface area contributed by atoms with Gasteiger partial charge in [-0.3, -0.25) is 9.69 Å². The number of benzene rings is 1. The fourth-order valence-electron chi connectivity index (χ4n) is 4.52. The van der Waals surface area contributed by atoms with Crippen LogP contribution in [-0.4, -0.2) is 67.9 Å². The second-order valence-corrected chi connectivity index (χ2v) is 9.21. The summed E-state index contributed by atoms with van der Waals surface area (Å²) in [4.78, 5) is 14.4. The molecular formula is C24H31F3N2O6. The molecule has 1 aromatic carbocycles. The molecule has 0 bridgehead atoms. The predicted octanol–water partition coefficient (Wildman–Crippen LogP) is 4.57. The molecule has 3 heterocycles. The molecule has 2 fully saturated rings. The van der Waals surface area contributed by atoms with Gasteiger partial charge in [0.15, 0.2) is 12.2 Å². The number of rotatable bonds is 9. The van der Waals surface area contributed by atoms with E-state index in [-0.39, 0.29) is 29.6 Å². The van der Waals surface area contributed by atoms with E-state index in [0.717, 1.165) is 32.4 Å². The summed E-state index contributed by atoms with van der Waals surface area (Å²) < 4.78 is 64.6. The van der Waals surface area contributed by atoms with Gasteiger partial charge in [0, 0.05) is 19.7 Å². The van der Waals surface area contributed by atoms with Crippen molar-refractivity contribution in [2.24, 2.45) is 11.8 Å². The summed E-state index contributed by atoms with van der Waals surface area (Å²) in [5, 5.41) is 4.15. The Balaban J connectivity index is 1.19. The monoisotopic (exact) mass is 500 g/mol. The maximum Gasteiger partial charge on any atom is 0.422 e. The van der Waals surface area contributed by atoms with Gasteiger partial charge in [-0.05, 0) is 62.2 Å². The third-order valence-corrected chi connectivity index (χ3v) is 6.50. The molecule has 2 aliphatic heterocycles. The zero-order valence-corrected chi connectivity index (χ0v) is 19.7. The highest BCUT2D eigenvalue weighted by molar-refractivity contribution is 5.88. The van der Waals surface area contributed by atoms with Gasteiger partial charge >= 0.3 is 12.1 Å². The van der Waals surface area contributed by atoms with Crippen LogP contribution in [0.5, 0.6) is 11.6 Å². The van der Waals surface area contributed by atoms with Crippen LogP contribution in [0.1, 0.15) is 39.0 Å². The normalized spacial score (nSPS) is 22.3. The van der Waals surface area contributed by atoms with Crippen molar-refractivity contribution in [3.63, 3.8) is 0 Å². The summed E-state index contributed by atoms with van der Waals surface area (Å²) in [5.74, 6) is 0.352. The van der Waals surface area contributed by atoms with Crippen LogP contribution >= 0.6 is 0 Å². The molecule has 0 amide bonds. The summed E-state index contributed by atoms with van der Waals surface area (Å²) in [6.45, 7) is 3.48. The van der Waals surface area contributed by atoms with Crippen molar-refractivity contribution in [2.75, 3.05) is 39.6 Å². The maximum atomic E-state index is 12.6. The van der Waals surface area contributed by atoms with Crippen molar-refractivity contribution in [3.8, 4) is 11.6 Å². The Bertz CT molecular complexity index is 974. The number of halogens is 3. The number of carbonyl (C=O) groups is 1. The molecule has 2 unspecified atom stereocenters. The van der Waals surface area contributed by atoms with Crippen LogP contribution in [0.4, 0.5) is 13.2 Å². The summed E-state index contributed by atoms with van der Waals surface area (Å²) in [5.41, 5.74) is 0.303. The maximum absolute atomic E-state index is 12.6. The lowest BCUT2D eigenvalue weighted by molar-refractivity contribution is -0.159. The second-order valence-electron chi connectivity index (χ2n) is 9.21. The molecule has 194 valence electrons. The quantitative estimate of drug-likeness (QED) is 0.464. The topological polar surface area (TPSA) is 83.3 Å². The van der Waals surface area contributed by atoms with E-state index in [1.807, 2.05) is 6.92 Å². The van der Waals surface area contributed by atoms with Crippen LogP contribution in [0.15, 0.2) is 22.7 Å². The molecule has 0 spiro atoms. The van der Waals surface area contributed by atoms with Gasteiger partial charge in [-0.25, -0.2) is 0 Å². The molecule has 2 saturated heterocycles. The van der Waals surface area contributed by atoms with Gasteiger partial charge in [0.05, 0.1) is 18.6 Å². The van der Waals surface area contributed by atoms with Crippen LogP contribution in [0.25, 0.3) is 11.0 Å². The highest BCUT2D eigenvalue weighted by Gasteiger charge is 2.30. The van der Waals surface area contributed by atoms with E-state index in [2.05, 4.69) is 10.1 Å². The lowest BCUT2D eigenvalue weighted by Gasteiger charge is -2.32.